The molecular formula is C20H21NO. The van der Waals surface area contributed by atoms with E-state index in [1.54, 1.807) is 0 Å². The highest BCUT2D eigenvalue weighted by atomic mass is 16.1. The van der Waals surface area contributed by atoms with E-state index < -0.39 is 0 Å². The van der Waals surface area contributed by atoms with E-state index in [1.807, 2.05) is 66.7 Å². The molecule has 0 saturated heterocycles. The Bertz CT molecular complexity index is 690. The van der Waals surface area contributed by atoms with Gasteiger partial charge in [-0.15, -0.1) is 0 Å². The quantitative estimate of drug-likeness (QED) is 0.785. The lowest BCUT2D eigenvalue weighted by molar-refractivity contribution is -0.118. The number of anilines is 1. The summed E-state index contributed by atoms with van der Waals surface area (Å²) in [6, 6.07) is 20.2. The fourth-order valence-corrected chi connectivity index (χ4v) is 3.14. The third-order valence-electron chi connectivity index (χ3n) is 4.61. The second-order valence-electron chi connectivity index (χ2n) is 6.13. The van der Waals surface area contributed by atoms with Gasteiger partial charge in [-0.05, 0) is 37.5 Å². The molecule has 1 aliphatic rings. The maximum absolute atomic E-state index is 12.9. The Morgan fingerprint density at radius 1 is 1.00 bits per heavy atom. The summed E-state index contributed by atoms with van der Waals surface area (Å²) in [7, 11) is 1.99. The first-order chi connectivity index (χ1) is 10.6. The number of nitrogens with zero attached hydrogens (tertiary/aromatic N) is 1. The van der Waals surface area contributed by atoms with Gasteiger partial charge in [-0.3, -0.25) is 4.79 Å². The van der Waals surface area contributed by atoms with Crippen LogP contribution in [0.3, 0.4) is 0 Å². The van der Waals surface area contributed by atoms with Crippen molar-refractivity contribution in [3.8, 4) is 0 Å². The third-order valence-corrected chi connectivity index (χ3v) is 4.61. The average Bonchev–Trinajstić information content (AvgIpc) is 2.86. The van der Waals surface area contributed by atoms with E-state index >= 15 is 0 Å². The van der Waals surface area contributed by atoms with E-state index in [0.29, 0.717) is 0 Å². The maximum Gasteiger partial charge on any atom is 0.170 e. The molecule has 0 N–H and O–H groups in total. The Labute approximate surface area is 132 Å². The van der Waals surface area contributed by atoms with E-state index in [0.717, 1.165) is 29.7 Å². The second kappa shape index (κ2) is 5.80. The van der Waals surface area contributed by atoms with Gasteiger partial charge >= 0.3 is 0 Å². The SMILES string of the molecule is CN(/C=C1\CC[C@](C)(c2ccccc2)C1=O)c1ccccc1. The molecule has 2 aromatic carbocycles. The molecule has 2 aromatic rings. The third kappa shape index (κ3) is 2.57. The van der Waals surface area contributed by atoms with Gasteiger partial charge in [0.25, 0.3) is 0 Å². The lowest BCUT2D eigenvalue weighted by Gasteiger charge is -2.22. The molecular weight excluding hydrogens is 270 g/mol. The van der Waals surface area contributed by atoms with Crippen LogP contribution in [-0.2, 0) is 10.2 Å². The topological polar surface area (TPSA) is 20.3 Å². The lowest BCUT2D eigenvalue weighted by Crippen LogP contribution is -2.27. The first-order valence-electron chi connectivity index (χ1n) is 7.70. The Balaban J connectivity index is 1.86. The van der Waals surface area contributed by atoms with Crippen molar-refractivity contribution in [3.05, 3.63) is 78.0 Å². The number of allylic oxidation sites excluding steroid dienone is 1. The first kappa shape index (κ1) is 14.6. The number of Topliss-reactive ketones (excluding diaryl/α,β-unsaturated/α-hetero) is 1. The molecule has 2 heteroatoms. The molecule has 0 heterocycles. The van der Waals surface area contributed by atoms with Crippen LogP contribution in [0.5, 0.6) is 0 Å². The van der Waals surface area contributed by atoms with Crippen LogP contribution < -0.4 is 4.90 Å². The normalized spacial score (nSPS) is 23.0. The molecule has 2 nitrogen and oxygen atoms in total. The number of rotatable bonds is 3. The number of ketones is 1. The van der Waals surface area contributed by atoms with Gasteiger partial charge in [0.15, 0.2) is 5.78 Å². The van der Waals surface area contributed by atoms with Gasteiger partial charge in [-0.2, -0.15) is 0 Å². The standard InChI is InChI=1S/C20H21NO/c1-20(17-9-5-3-6-10-17)14-13-16(19(20)22)15-21(2)18-11-7-4-8-12-18/h3-12,15H,13-14H2,1-2H3/b16-15+/t20-/m1/s1. The number of hydrogen-bond acceptors (Lipinski definition) is 2. The van der Waals surface area contributed by atoms with Crippen LogP contribution >= 0.6 is 0 Å². The van der Waals surface area contributed by atoms with Crippen molar-refractivity contribution in [1.29, 1.82) is 0 Å². The fraction of sp³-hybridized carbons (Fsp3) is 0.250. The minimum Gasteiger partial charge on any atom is -0.351 e. The molecule has 1 saturated carbocycles. The summed E-state index contributed by atoms with van der Waals surface area (Å²) >= 11 is 0. The van der Waals surface area contributed by atoms with Crippen LogP contribution in [0.15, 0.2) is 72.4 Å². The van der Waals surface area contributed by atoms with Crippen molar-refractivity contribution in [2.45, 2.75) is 25.2 Å². The average molecular weight is 291 g/mol. The molecule has 0 amide bonds. The zero-order chi connectivity index (χ0) is 15.6. The summed E-state index contributed by atoms with van der Waals surface area (Å²) in [5, 5.41) is 0. The number of carbonyl (C=O) groups excluding carboxylic acids is 1. The zero-order valence-corrected chi connectivity index (χ0v) is 13.1. The summed E-state index contributed by atoms with van der Waals surface area (Å²) in [5.74, 6) is 0.251. The van der Waals surface area contributed by atoms with E-state index in [9.17, 15) is 4.79 Å². The molecule has 0 spiro atoms. The molecule has 22 heavy (non-hydrogen) atoms. The molecule has 0 bridgehead atoms. The zero-order valence-electron chi connectivity index (χ0n) is 13.1. The Kier molecular flexibility index (Phi) is 3.84. The summed E-state index contributed by atoms with van der Waals surface area (Å²) in [4.78, 5) is 14.9. The van der Waals surface area contributed by atoms with Gasteiger partial charge in [0.05, 0.1) is 5.41 Å². The minimum atomic E-state index is -0.384. The van der Waals surface area contributed by atoms with Crippen molar-refractivity contribution < 1.29 is 4.79 Å². The summed E-state index contributed by atoms with van der Waals surface area (Å²) in [5.41, 5.74) is 2.74. The molecule has 1 fully saturated rings. The van der Waals surface area contributed by atoms with Gasteiger partial charge in [-0.25, -0.2) is 0 Å². The molecule has 112 valence electrons. The second-order valence-corrected chi connectivity index (χ2v) is 6.13. The Morgan fingerprint density at radius 3 is 2.23 bits per heavy atom. The Hall–Kier alpha value is -2.35. The van der Waals surface area contributed by atoms with Crippen LogP contribution in [0.4, 0.5) is 5.69 Å². The fourth-order valence-electron chi connectivity index (χ4n) is 3.14. The van der Waals surface area contributed by atoms with Crippen LogP contribution in [0.1, 0.15) is 25.3 Å². The van der Waals surface area contributed by atoms with Crippen molar-refractivity contribution in [3.63, 3.8) is 0 Å². The van der Waals surface area contributed by atoms with Crippen LogP contribution in [-0.4, -0.2) is 12.8 Å². The van der Waals surface area contributed by atoms with Gasteiger partial charge in [-0.1, -0.05) is 48.5 Å². The molecule has 0 radical (unpaired) electrons. The summed E-state index contributed by atoms with van der Waals surface area (Å²) < 4.78 is 0. The molecule has 0 aliphatic heterocycles. The largest absolute Gasteiger partial charge is 0.351 e. The van der Waals surface area contributed by atoms with Crippen molar-refractivity contribution in [2.75, 3.05) is 11.9 Å². The number of carbonyl (C=O) groups is 1. The molecule has 3 rings (SSSR count). The molecule has 0 unspecified atom stereocenters. The van der Waals surface area contributed by atoms with Gasteiger partial charge < -0.3 is 4.90 Å². The number of para-hydroxylation sites is 1. The van der Waals surface area contributed by atoms with Crippen LogP contribution in [0.25, 0.3) is 0 Å². The van der Waals surface area contributed by atoms with Gasteiger partial charge in [0, 0.05) is 24.5 Å². The lowest BCUT2D eigenvalue weighted by atomic mass is 9.80. The van der Waals surface area contributed by atoms with Gasteiger partial charge in [0.2, 0.25) is 0 Å². The number of benzene rings is 2. The monoisotopic (exact) mass is 291 g/mol. The predicted molar refractivity (Wildman–Crippen MR) is 91.0 cm³/mol. The highest BCUT2D eigenvalue weighted by Gasteiger charge is 2.42. The van der Waals surface area contributed by atoms with Crippen molar-refractivity contribution in [2.24, 2.45) is 0 Å². The van der Waals surface area contributed by atoms with E-state index in [4.69, 9.17) is 0 Å². The highest BCUT2D eigenvalue weighted by molar-refractivity contribution is 6.05. The summed E-state index contributed by atoms with van der Waals surface area (Å²) in [6.07, 6.45) is 3.71. The first-order valence-corrected chi connectivity index (χ1v) is 7.70. The predicted octanol–water partition coefficient (Wildman–Crippen LogP) is 4.33. The van der Waals surface area contributed by atoms with E-state index in [2.05, 4.69) is 19.1 Å². The molecule has 1 aliphatic carbocycles. The smallest absolute Gasteiger partial charge is 0.170 e. The highest BCUT2D eigenvalue weighted by Crippen LogP contribution is 2.40. The van der Waals surface area contributed by atoms with Crippen molar-refractivity contribution in [1.82, 2.24) is 0 Å². The molecule has 1 atom stereocenters. The molecule has 0 aromatic heterocycles. The minimum absolute atomic E-state index is 0.251. The van der Waals surface area contributed by atoms with E-state index in [1.165, 1.54) is 0 Å². The maximum atomic E-state index is 12.9. The van der Waals surface area contributed by atoms with Crippen LogP contribution in [0.2, 0.25) is 0 Å². The Morgan fingerprint density at radius 2 is 1.59 bits per heavy atom. The summed E-state index contributed by atoms with van der Waals surface area (Å²) in [6.45, 7) is 2.06. The van der Waals surface area contributed by atoms with E-state index in [-0.39, 0.29) is 11.2 Å². The van der Waals surface area contributed by atoms with Crippen LogP contribution in [0, 0.1) is 0 Å². The van der Waals surface area contributed by atoms with Gasteiger partial charge in [0.1, 0.15) is 0 Å². The number of hydrogen-bond donors (Lipinski definition) is 0. The van der Waals surface area contributed by atoms with Crippen molar-refractivity contribution >= 4 is 11.5 Å².